The maximum Gasteiger partial charge on any atom is 0.212 e. The Bertz CT molecular complexity index is 1500. The Morgan fingerprint density at radius 1 is 1.22 bits per heavy atom. The minimum Gasteiger partial charge on any atom is -0.496 e. The summed E-state index contributed by atoms with van der Waals surface area (Å²) in [6.45, 7) is 1.71. The Labute approximate surface area is 214 Å². The number of methoxy groups -OCH3 is 1. The van der Waals surface area contributed by atoms with E-state index in [1.807, 2.05) is 17.5 Å². The molecular formula is C25H25FN4O4S2. The van der Waals surface area contributed by atoms with Gasteiger partial charge in [-0.2, -0.15) is 5.10 Å². The summed E-state index contributed by atoms with van der Waals surface area (Å²) in [5.74, 6) is 1.74. The Morgan fingerprint density at radius 2 is 2.06 bits per heavy atom. The molecule has 4 heterocycles. The van der Waals surface area contributed by atoms with Crippen LogP contribution in [0, 0.1) is 0 Å². The molecule has 0 unspecified atom stereocenters. The smallest absolute Gasteiger partial charge is 0.212 e. The SMILES string of the molecule is COc1cc(OCc2csc(C3(O)CCCCC3)n2)c2cc(-c3cn4nc([C@H](C)F)sc4n3)oc2c1. The molecule has 1 aromatic carbocycles. The van der Waals surface area contributed by atoms with Crippen molar-refractivity contribution in [3.8, 4) is 23.0 Å². The fraction of sp³-hybridized carbons (Fsp3) is 0.400. The lowest BCUT2D eigenvalue weighted by Gasteiger charge is -2.29. The molecule has 0 amide bonds. The van der Waals surface area contributed by atoms with Gasteiger partial charge in [-0.3, -0.25) is 0 Å². The molecule has 36 heavy (non-hydrogen) atoms. The van der Waals surface area contributed by atoms with Crippen molar-refractivity contribution in [2.75, 3.05) is 7.11 Å². The molecule has 0 bridgehead atoms. The van der Waals surface area contributed by atoms with E-state index in [4.69, 9.17) is 13.9 Å². The van der Waals surface area contributed by atoms with E-state index in [0.717, 1.165) is 48.2 Å². The lowest BCUT2D eigenvalue weighted by atomic mass is 9.85. The van der Waals surface area contributed by atoms with Crippen LogP contribution in [-0.4, -0.2) is 31.8 Å². The summed E-state index contributed by atoms with van der Waals surface area (Å²) in [4.78, 5) is 9.83. The highest BCUT2D eigenvalue weighted by molar-refractivity contribution is 7.16. The third-order valence-electron chi connectivity index (χ3n) is 6.47. The molecule has 1 N–H and O–H groups in total. The quantitative estimate of drug-likeness (QED) is 0.260. The van der Waals surface area contributed by atoms with Gasteiger partial charge in [-0.15, -0.1) is 11.3 Å². The Hall–Kier alpha value is -3.02. The van der Waals surface area contributed by atoms with E-state index >= 15 is 0 Å². The van der Waals surface area contributed by atoms with Crippen LogP contribution in [-0.2, 0) is 12.2 Å². The average Bonchev–Trinajstić information content (AvgIpc) is 3.65. The van der Waals surface area contributed by atoms with E-state index in [1.165, 1.54) is 29.6 Å². The van der Waals surface area contributed by atoms with Gasteiger partial charge in [0.1, 0.15) is 40.0 Å². The molecule has 8 nitrogen and oxygen atoms in total. The highest BCUT2D eigenvalue weighted by atomic mass is 32.1. The van der Waals surface area contributed by atoms with E-state index < -0.39 is 11.8 Å². The Morgan fingerprint density at radius 3 is 2.81 bits per heavy atom. The van der Waals surface area contributed by atoms with Gasteiger partial charge in [0.2, 0.25) is 4.96 Å². The van der Waals surface area contributed by atoms with Crippen molar-refractivity contribution in [2.24, 2.45) is 0 Å². The first kappa shape index (κ1) is 23.4. The predicted octanol–water partition coefficient (Wildman–Crippen LogP) is 6.43. The summed E-state index contributed by atoms with van der Waals surface area (Å²) in [5, 5.41) is 19.1. The van der Waals surface area contributed by atoms with Gasteiger partial charge in [0, 0.05) is 17.5 Å². The molecule has 1 saturated carbocycles. The van der Waals surface area contributed by atoms with Crippen LogP contribution in [0.15, 0.2) is 34.2 Å². The maximum absolute atomic E-state index is 13.6. The van der Waals surface area contributed by atoms with Gasteiger partial charge in [-0.1, -0.05) is 30.6 Å². The zero-order chi connectivity index (χ0) is 24.9. The number of fused-ring (bicyclic) bond motifs is 2. The molecule has 1 aliphatic carbocycles. The molecule has 0 aliphatic heterocycles. The van der Waals surface area contributed by atoms with Gasteiger partial charge in [0.05, 0.1) is 24.4 Å². The topological polar surface area (TPSA) is 94.9 Å². The van der Waals surface area contributed by atoms with E-state index in [9.17, 15) is 9.50 Å². The number of rotatable bonds is 7. The zero-order valence-electron chi connectivity index (χ0n) is 19.9. The van der Waals surface area contributed by atoms with E-state index in [-0.39, 0.29) is 6.61 Å². The van der Waals surface area contributed by atoms with Gasteiger partial charge in [-0.05, 0) is 25.8 Å². The van der Waals surface area contributed by atoms with Gasteiger partial charge >= 0.3 is 0 Å². The average molecular weight is 529 g/mol. The number of hydrogen-bond acceptors (Lipinski definition) is 9. The number of benzene rings is 1. The first-order valence-corrected chi connectivity index (χ1v) is 13.5. The third-order valence-corrected chi connectivity index (χ3v) is 8.63. The first-order valence-electron chi connectivity index (χ1n) is 11.8. The maximum atomic E-state index is 13.6. The minimum atomic E-state index is -1.14. The molecule has 5 aromatic rings. The van der Waals surface area contributed by atoms with Crippen LogP contribution in [0.5, 0.6) is 11.5 Å². The highest BCUT2D eigenvalue weighted by Crippen LogP contribution is 2.40. The fourth-order valence-corrected chi connectivity index (χ4v) is 6.30. The minimum absolute atomic E-state index is 0.254. The molecule has 188 valence electrons. The lowest BCUT2D eigenvalue weighted by Crippen LogP contribution is -2.28. The summed E-state index contributed by atoms with van der Waals surface area (Å²) in [6.07, 6.45) is 5.29. The number of thiazole rings is 1. The number of alkyl halides is 1. The van der Waals surface area contributed by atoms with Crippen molar-refractivity contribution in [3.63, 3.8) is 0 Å². The Kier molecular flexibility index (Phi) is 5.93. The second-order valence-corrected chi connectivity index (χ2v) is 10.9. The van der Waals surface area contributed by atoms with Crippen LogP contribution in [0.2, 0.25) is 0 Å². The third kappa shape index (κ3) is 4.25. The number of halogens is 1. The largest absolute Gasteiger partial charge is 0.496 e. The number of furan rings is 1. The molecule has 0 spiro atoms. The van der Waals surface area contributed by atoms with Crippen LogP contribution in [0.25, 0.3) is 27.4 Å². The molecule has 1 fully saturated rings. The number of hydrogen-bond donors (Lipinski definition) is 1. The zero-order valence-corrected chi connectivity index (χ0v) is 21.5. The molecule has 0 radical (unpaired) electrons. The van der Waals surface area contributed by atoms with Crippen LogP contribution in [0.1, 0.15) is 60.9 Å². The van der Waals surface area contributed by atoms with E-state index in [0.29, 0.717) is 38.5 Å². The fourth-order valence-electron chi connectivity index (χ4n) is 4.53. The second-order valence-electron chi connectivity index (χ2n) is 9.08. The van der Waals surface area contributed by atoms with Crippen molar-refractivity contribution in [3.05, 3.63) is 45.5 Å². The number of aromatic nitrogens is 4. The lowest BCUT2D eigenvalue weighted by molar-refractivity contribution is -0.00102. The van der Waals surface area contributed by atoms with E-state index in [1.54, 1.807) is 23.9 Å². The number of aliphatic hydroxyl groups is 1. The number of nitrogens with zero attached hydrogens (tertiary/aromatic N) is 4. The number of imidazole rings is 1. The molecular weight excluding hydrogens is 503 g/mol. The molecule has 6 rings (SSSR count). The van der Waals surface area contributed by atoms with Gasteiger partial charge in [0.25, 0.3) is 0 Å². The van der Waals surface area contributed by atoms with Crippen molar-refractivity contribution in [1.82, 2.24) is 19.6 Å². The first-order chi connectivity index (χ1) is 17.4. The number of ether oxygens (including phenoxy) is 2. The van der Waals surface area contributed by atoms with Crippen molar-refractivity contribution in [1.29, 1.82) is 0 Å². The van der Waals surface area contributed by atoms with Crippen LogP contribution < -0.4 is 9.47 Å². The van der Waals surface area contributed by atoms with Crippen LogP contribution >= 0.6 is 22.7 Å². The summed E-state index contributed by atoms with van der Waals surface area (Å²) < 4.78 is 32.8. The summed E-state index contributed by atoms with van der Waals surface area (Å²) in [5.41, 5.74) is 1.14. The van der Waals surface area contributed by atoms with Crippen molar-refractivity contribution < 1.29 is 23.4 Å². The molecule has 4 aromatic heterocycles. The van der Waals surface area contributed by atoms with Crippen LogP contribution in [0.3, 0.4) is 0 Å². The summed E-state index contributed by atoms with van der Waals surface area (Å²) in [7, 11) is 1.59. The predicted molar refractivity (Wildman–Crippen MR) is 136 cm³/mol. The summed E-state index contributed by atoms with van der Waals surface area (Å²) in [6, 6.07) is 5.48. The van der Waals surface area contributed by atoms with Crippen LogP contribution in [0.4, 0.5) is 4.39 Å². The molecule has 0 saturated heterocycles. The van der Waals surface area contributed by atoms with Crippen molar-refractivity contribution in [2.45, 2.75) is 57.4 Å². The standard InChI is InChI=1S/C25H25FN4O4S2/c1-14(26)22-29-30-11-18(28-24(30)36-22)21-10-17-19(8-16(32-2)9-20(17)34-21)33-12-15-13-35-23(27-15)25(31)6-4-3-5-7-25/h8-11,13-14,31H,3-7,12H2,1-2H3/t14-/m0/s1. The molecule has 1 aliphatic rings. The Balaban J connectivity index is 1.27. The summed E-state index contributed by atoms with van der Waals surface area (Å²) >= 11 is 2.70. The van der Waals surface area contributed by atoms with E-state index in [2.05, 4.69) is 15.1 Å². The normalized spacial score (nSPS) is 16.6. The van der Waals surface area contributed by atoms with Gasteiger partial charge < -0.3 is 19.0 Å². The highest BCUT2D eigenvalue weighted by Gasteiger charge is 2.34. The van der Waals surface area contributed by atoms with Crippen molar-refractivity contribution >= 4 is 38.6 Å². The van der Waals surface area contributed by atoms with Gasteiger partial charge in [0.15, 0.2) is 16.9 Å². The second kappa shape index (κ2) is 9.13. The molecule has 11 heteroatoms. The van der Waals surface area contributed by atoms with Gasteiger partial charge in [-0.25, -0.2) is 18.9 Å². The monoisotopic (exact) mass is 528 g/mol. The molecule has 1 atom stereocenters.